The predicted octanol–water partition coefficient (Wildman–Crippen LogP) is 4.18. The van der Waals surface area contributed by atoms with E-state index in [9.17, 15) is 18.0 Å². The molecule has 186 valence electrons. The number of benzene rings is 1. The second-order valence-electron chi connectivity index (χ2n) is 8.41. The highest BCUT2D eigenvalue weighted by Crippen LogP contribution is 2.37. The van der Waals surface area contributed by atoms with Crippen molar-refractivity contribution in [3.8, 4) is 17.2 Å². The van der Waals surface area contributed by atoms with Crippen LogP contribution in [-0.2, 0) is 6.18 Å². The fraction of sp³-hybridized carbons (Fsp3) is 0.375. The maximum absolute atomic E-state index is 13.2. The summed E-state index contributed by atoms with van der Waals surface area (Å²) in [4.78, 5) is 20.9. The first-order valence-corrected chi connectivity index (χ1v) is 11.1. The average molecular weight is 489 g/mol. The maximum atomic E-state index is 13.2. The second kappa shape index (κ2) is 9.57. The number of hydrogen-bond donors (Lipinski definition) is 3. The zero-order valence-corrected chi connectivity index (χ0v) is 19.3. The molecule has 35 heavy (non-hydrogen) atoms. The summed E-state index contributed by atoms with van der Waals surface area (Å²) in [5.74, 6) is 0.400. The molecule has 0 radical (unpaired) electrons. The zero-order chi connectivity index (χ0) is 25.3. The SMILES string of the molecule is C=C(NCCNC(=O)c1nc(-c2ccc(OC)c3nc(C(F)(F)F)ccc23)oc1[C@H](C)N)C1CC1. The van der Waals surface area contributed by atoms with Crippen LogP contribution in [0.4, 0.5) is 13.2 Å². The number of pyridine rings is 1. The smallest absolute Gasteiger partial charge is 0.433 e. The normalized spacial score (nSPS) is 14.6. The number of nitrogens with two attached hydrogens (primary N) is 1. The van der Waals surface area contributed by atoms with Gasteiger partial charge in [0.2, 0.25) is 5.89 Å². The monoisotopic (exact) mass is 489 g/mol. The average Bonchev–Trinajstić information content (AvgIpc) is 3.58. The van der Waals surface area contributed by atoms with Crippen LogP contribution in [-0.4, -0.2) is 36.1 Å². The zero-order valence-electron chi connectivity index (χ0n) is 19.3. The molecule has 1 aromatic carbocycles. The molecule has 0 saturated heterocycles. The fourth-order valence-corrected chi connectivity index (χ4v) is 3.68. The van der Waals surface area contributed by atoms with Crippen molar-refractivity contribution < 1.29 is 27.1 Å². The number of carbonyl (C=O) groups is 1. The lowest BCUT2D eigenvalue weighted by Crippen LogP contribution is -2.32. The van der Waals surface area contributed by atoms with E-state index >= 15 is 0 Å². The number of halogens is 3. The van der Waals surface area contributed by atoms with Gasteiger partial charge >= 0.3 is 6.18 Å². The first-order valence-electron chi connectivity index (χ1n) is 11.1. The van der Waals surface area contributed by atoms with Crippen LogP contribution >= 0.6 is 0 Å². The van der Waals surface area contributed by atoms with Crippen LogP contribution in [0.3, 0.4) is 0 Å². The third-order valence-corrected chi connectivity index (χ3v) is 5.68. The fourth-order valence-electron chi connectivity index (χ4n) is 3.68. The van der Waals surface area contributed by atoms with Gasteiger partial charge < -0.3 is 25.5 Å². The molecule has 4 rings (SSSR count). The number of carbonyl (C=O) groups excluding carboxylic acids is 1. The summed E-state index contributed by atoms with van der Waals surface area (Å²) < 4.78 is 50.7. The summed E-state index contributed by atoms with van der Waals surface area (Å²) in [6, 6.07) is 4.55. The Labute approximate surface area is 199 Å². The van der Waals surface area contributed by atoms with Gasteiger partial charge in [-0.1, -0.05) is 6.58 Å². The van der Waals surface area contributed by atoms with E-state index in [0.717, 1.165) is 24.6 Å². The van der Waals surface area contributed by atoms with E-state index in [2.05, 4.69) is 27.2 Å². The topological polar surface area (TPSA) is 115 Å². The van der Waals surface area contributed by atoms with Crippen molar-refractivity contribution in [1.29, 1.82) is 0 Å². The molecule has 0 spiro atoms. The van der Waals surface area contributed by atoms with E-state index < -0.39 is 23.8 Å². The van der Waals surface area contributed by atoms with E-state index in [0.29, 0.717) is 30.0 Å². The number of hydrogen-bond acceptors (Lipinski definition) is 7. The molecule has 11 heteroatoms. The minimum absolute atomic E-state index is 0.00617. The van der Waals surface area contributed by atoms with E-state index in [1.165, 1.54) is 19.2 Å². The summed E-state index contributed by atoms with van der Waals surface area (Å²) in [5.41, 5.74) is 6.28. The summed E-state index contributed by atoms with van der Waals surface area (Å²) in [5, 5.41) is 6.29. The molecule has 8 nitrogen and oxygen atoms in total. The molecule has 4 N–H and O–H groups in total. The van der Waals surface area contributed by atoms with Gasteiger partial charge in [0.25, 0.3) is 5.91 Å². The first kappa shape index (κ1) is 24.5. The van der Waals surface area contributed by atoms with Gasteiger partial charge in [-0.05, 0) is 49.9 Å². The Bertz CT molecular complexity index is 1270. The molecular formula is C24H26F3N5O3. The summed E-state index contributed by atoms with van der Waals surface area (Å²) in [6.45, 7) is 6.47. The highest BCUT2D eigenvalue weighted by Gasteiger charge is 2.33. The van der Waals surface area contributed by atoms with Gasteiger partial charge in [0, 0.05) is 29.7 Å². The Balaban J connectivity index is 1.63. The quantitative estimate of drug-likeness (QED) is 0.386. The Kier molecular flexibility index (Phi) is 6.70. The highest BCUT2D eigenvalue weighted by molar-refractivity contribution is 5.98. The molecule has 0 bridgehead atoms. The molecule has 1 aliphatic rings. The molecule has 2 aromatic heterocycles. The van der Waals surface area contributed by atoms with Gasteiger partial charge in [-0.3, -0.25) is 4.79 Å². The molecule has 1 atom stereocenters. The summed E-state index contributed by atoms with van der Waals surface area (Å²) in [6.07, 6.45) is -2.36. The van der Waals surface area contributed by atoms with Crippen molar-refractivity contribution in [2.75, 3.05) is 20.2 Å². The van der Waals surface area contributed by atoms with Crippen molar-refractivity contribution in [3.05, 3.63) is 53.7 Å². The number of amides is 1. The lowest BCUT2D eigenvalue weighted by molar-refractivity contribution is -0.140. The number of alkyl halides is 3. The number of allylic oxidation sites excluding steroid dienone is 1. The highest BCUT2D eigenvalue weighted by atomic mass is 19.4. The Morgan fingerprint density at radius 2 is 1.94 bits per heavy atom. The Hall–Kier alpha value is -3.60. The molecule has 1 fully saturated rings. The molecule has 1 aliphatic carbocycles. The number of ether oxygens (including phenoxy) is 1. The molecule has 2 heterocycles. The van der Waals surface area contributed by atoms with Gasteiger partial charge in [-0.15, -0.1) is 0 Å². The molecule has 1 amide bonds. The number of nitrogens with zero attached hydrogens (tertiary/aromatic N) is 2. The number of methoxy groups -OCH3 is 1. The summed E-state index contributed by atoms with van der Waals surface area (Å²) >= 11 is 0. The van der Waals surface area contributed by atoms with Crippen LogP contribution in [0.25, 0.3) is 22.4 Å². The van der Waals surface area contributed by atoms with Crippen LogP contribution < -0.4 is 21.1 Å². The maximum Gasteiger partial charge on any atom is 0.433 e. The number of oxazole rings is 1. The van der Waals surface area contributed by atoms with Gasteiger partial charge in [0.1, 0.15) is 17.0 Å². The van der Waals surface area contributed by atoms with Crippen molar-refractivity contribution in [2.24, 2.45) is 11.7 Å². The minimum atomic E-state index is -4.62. The van der Waals surface area contributed by atoms with E-state index in [1.807, 2.05) is 0 Å². The van der Waals surface area contributed by atoms with Crippen LogP contribution in [0.15, 0.2) is 41.0 Å². The van der Waals surface area contributed by atoms with Gasteiger partial charge in [0.15, 0.2) is 11.5 Å². The molecule has 0 aliphatic heterocycles. The van der Waals surface area contributed by atoms with E-state index in [1.54, 1.807) is 13.0 Å². The Morgan fingerprint density at radius 3 is 2.57 bits per heavy atom. The van der Waals surface area contributed by atoms with E-state index in [-0.39, 0.29) is 28.6 Å². The van der Waals surface area contributed by atoms with Crippen molar-refractivity contribution in [1.82, 2.24) is 20.6 Å². The van der Waals surface area contributed by atoms with Crippen molar-refractivity contribution in [2.45, 2.75) is 32.0 Å². The van der Waals surface area contributed by atoms with Crippen molar-refractivity contribution in [3.63, 3.8) is 0 Å². The van der Waals surface area contributed by atoms with Crippen LogP contribution in [0.1, 0.15) is 47.7 Å². The summed E-state index contributed by atoms with van der Waals surface area (Å²) in [7, 11) is 1.34. The number of fused-ring (bicyclic) bond motifs is 1. The Morgan fingerprint density at radius 1 is 1.23 bits per heavy atom. The predicted molar refractivity (Wildman–Crippen MR) is 124 cm³/mol. The number of aromatic nitrogens is 2. The third-order valence-electron chi connectivity index (χ3n) is 5.68. The lowest BCUT2D eigenvalue weighted by atomic mass is 10.1. The number of nitrogens with one attached hydrogen (secondary N) is 2. The number of rotatable bonds is 9. The lowest BCUT2D eigenvalue weighted by Gasteiger charge is -2.11. The molecule has 0 unspecified atom stereocenters. The molecular weight excluding hydrogens is 463 g/mol. The molecule has 1 saturated carbocycles. The minimum Gasteiger partial charge on any atom is -0.494 e. The van der Waals surface area contributed by atoms with Gasteiger partial charge in [-0.25, -0.2) is 9.97 Å². The van der Waals surface area contributed by atoms with Gasteiger partial charge in [-0.2, -0.15) is 13.2 Å². The van der Waals surface area contributed by atoms with Crippen molar-refractivity contribution >= 4 is 16.8 Å². The van der Waals surface area contributed by atoms with Crippen LogP contribution in [0.5, 0.6) is 5.75 Å². The van der Waals surface area contributed by atoms with Crippen LogP contribution in [0, 0.1) is 5.92 Å². The third kappa shape index (κ3) is 5.24. The molecule has 3 aromatic rings. The standard InChI is InChI=1S/C24H26F3N5O3/c1-12(28)21-20(22(33)30-11-10-29-13(2)14-4-5-14)32-23(35-21)16-6-8-17(34-3)19-15(16)7-9-18(31-19)24(25,26)27/h6-9,12,14,29H,2,4-5,10-11,28H2,1,3H3,(H,30,33)/t12-/m0/s1. The first-order chi connectivity index (χ1) is 16.6. The van der Waals surface area contributed by atoms with E-state index in [4.69, 9.17) is 14.9 Å². The van der Waals surface area contributed by atoms with Crippen LogP contribution in [0.2, 0.25) is 0 Å². The second-order valence-corrected chi connectivity index (χ2v) is 8.41. The largest absolute Gasteiger partial charge is 0.494 e. The van der Waals surface area contributed by atoms with Gasteiger partial charge in [0.05, 0.1) is 13.2 Å².